The van der Waals surface area contributed by atoms with Crippen molar-refractivity contribution in [2.75, 3.05) is 6.54 Å². The number of hydrogen-bond acceptors (Lipinski definition) is 5. The molecule has 9 heteroatoms. The molecule has 1 aromatic carbocycles. The van der Waals surface area contributed by atoms with E-state index in [1.54, 1.807) is 23.7 Å². The van der Waals surface area contributed by atoms with Gasteiger partial charge in [0.2, 0.25) is 15.9 Å². The highest BCUT2D eigenvalue weighted by molar-refractivity contribution is 7.89. The summed E-state index contributed by atoms with van der Waals surface area (Å²) in [6.45, 7) is 0.208. The molecule has 0 saturated carbocycles. The predicted molar refractivity (Wildman–Crippen MR) is 106 cm³/mol. The Labute approximate surface area is 166 Å². The van der Waals surface area contributed by atoms with E-state index in [1.807, 2.05) is 23.6 Å². The van der Waals surface area contributed by atoms with E-state index >= 15 is 0 Å². The second kappa shape index (κ2) is 9.05. The van der Waals surface area contributed by atoms with Crippen LogP contribution in [0.15, 0.2) is 65.1 Å². The number of thiophene rings is 1. The topological polar surface area (TPSA) is 88.2 Å². The van der Waals surface area contributed by atoms with Gasteiger partial charge in [0.25, 0.3) is 0 Å². The maximum absolute atomic E-state index is 13.2. The van der Waals surface area contributed by atoms with Crippen molar-refractivity contribution in [3.8, 4) is 10.4 Å². The van der Waals surface area contributed by atoms with Crippen LogP contribution in [0.25, 0.3) is 10.4 Å². The summed E-state index contributed by atoms with van der Waals surface area (Å²) in [5, 5.41) is 4.72. The van der Waals surface area contributed by atoms with Crippen LogP contribution < -0.4 is 10.0 Å². The Morgan fingerprint density at radius 2 is 2.00 bits per heavy atom. The number of halogens is 1. The van der Waals surface area contributed by atoms with E-state index in [0.29, 0.717) is 6.54 Å². The molecule has 0 atom stereocenters. The van der Waals surface area contributed by atoms with E-state index in [0.717, 1.165) is 28.1 Å². The summed E-state index contributed by atoms with van der Waals surface area (Å²) in [5.74, 6) is -0.942. The van der Waals surface area contributed by atoms with Gasteiger partial charge in [-0.25, -0.2) is 17.5 Å². The zero-order valence-electron chi connectivity index (χ0n) is 14.8. The molecule has 2 heterocycles. The molecule has 0 aliphatic rings. The first kappa shape index (κ1) is 20.1. The van der Waals surface area contributed by atoms with Gasteiger partial charge in [-0.3, -0.25) is 9.78 Å². The predicted octanol–water partition coefficient (Wildman–Crippen LogP) is 2.93. The maximum atomic E-state index is 13.2. The van der Waals surface area contributed by atoms with Gasteiger partial charge in [-0.2, -0.15) is 0 Å². The summed E-state index contributed by atoms with van der Waals surface area (Å²) >= 11 is 1.61. The lowest BCUT2D eigenvalue weighted by atomic mass is 10.2. The van der Waals surface area contributed by atoms with E-state index in [9.17, 15) is 17.6 Å². The zero-order chi connectivity index (χ0) is 20.0. The minimum Gasteiger partial charge on any atom is -0.352 e. The summed E-state index contributed by atoms with van der Waals surface area (Å²) < 4.78 is 39.6. The van der Waals surface area contributed by atoms with Crippen molar-refractivity contribution in [3.05, 3.63) is 71.6 Å². The number of benzene rings is 1. The molecular weight excluding hydrogens is 401 g/mol. The number of aromatic nitrogens is 1. The van der Waals surface area contributed by atoms with Crippen molar-refractivity contribution in [2.24, 2.45) is 0 Å². The van der Waals surface area contributed by atoms with Crippen LogP contribution in [-0.4, -0.2) is 25.9 Å². The Morgan fingerprint density at radius 1 is 1.14 bits per heavy atom. The van der Waals surface area contributed by atoms with Crippen LogP contribution >= 0.6 is 11.3 Å². The van der Waals surface area contributed by atoms with Crippen LogP contribution in [0.4, 0.5) is 4.39 Å². The summed E-state index contributed by atoms with van der Waals surface area (Å²) in [6.07, 6.45) is 3.40. The monoisotopic (exact) mass is 419 g/mol. The number of nitrogens with one attached hydrogen (secondary N) is 2. The third-order valence-corrected chi connectivity index (χ3v) is 6.22. The van der Waals surface area contributed by atoms with E-state index in [4.69, 9.17) is 0 Å². The van der Waals surface area contributed by atoms with Crippen molar-refractivity contribution in [2.45, 2.75) is 17.9 Å². The molecule has 0 aliphatic carbocycles. The van der Waals surface area contributed by atoms with Crippen molar-refractivity contribution in [3.63, 3.8) is 0 Å². The molecule has 1 amide bonds. The average Bonchev–Trinajstić information content (AvgIpc) is 3.21. The third kappa shape index (κ3) is 5.44. The number of rotatable bonds is 8. The van der Waals surface area contributed by atoms with Gasteiger partial charge >= 0.3 is 0 Å². The number of amides is 1. The van der Waals surface area contributed by atoms with Crippen molar-refractivity contribution in [1.82, 2.24) is 15.0 Å². The zero-order valence-corrected chi connectivity index (χ0v) is 16.4. The van der Waals surface area contributed by atoms with E-state index in [2.05, 4.69) is 15.0 Å². The number of hydrogen-bond donors (Lipinski definition) is 2. The molecule has 0 aliphatic heterocycles. The smallest absolute Gasteiger partial charge is 0.240 e. The largest absolute Gasteiger partial charge is 0.352 e. The molecule has 0 unspecified atom stereocenters. The SMILES string of the molecule is O=C(CCNS(=O)(=O)c1cccc(F)c1)NCc1cncc(-c2cccs2)c1. The maximum Gasteiger partial charge on any atom is 0.240 e. The number of pyridine rings is 1. The van der Waals surface area contributed by atoms with Crippen molar-refractivity contribution in [1.29, 1.82) is 0 Å². The Kier molecular flexibility index (Phi) is 6.50. The lowest BCUT2D eigenvalue weighted by molar-refractivity contribution is -0.121. The lowest BCUT2D eigenvalue weighted by Gasteiger charge is -2.08. The molecule has 0 radical (unpaired) electrons. The molecule has 3 aromatic rings. The minimum absolute atomic E-state index is 0.0351. The summed E-state index contributed by atoms with van der Waals surface area (Å²) in [7, 11) is -3.86. The molecule has 28 heavy (non-hydrogen) atoms. The average molecular weight is 420 g/mol. The Morgan fingerprint density at radius 3 is 2.75 bits per heavy atom. The summed E-state index contributed by atoms with van der Waals surface area (Å²) in [6, 6.07) is 10.6. The first-order valence-electron chi connectivity index (χ1n) is 8.44. The normalized spacial score (nSPS) is 11.3. The number of carbonyl (C=O) groups is 1. The molecule has 6 nitrogen and oxygen atoms in total. The molecule has 2 N–H and O–H groups in total. The summed E-state index contributed by atoms with van der Waals surface area (Å²) in [4.78, 5) is 17.1. The molecular formula is C19H18FN3O3S2. The fraction of sp³-hybridized carbons (Fsp3) is 0.158. The Bertz CT molecular complexity index is 1050. The van der Waals surface area contributed by atoms with Crippen LogP contribution in [0.3, 0.4) is 0 Å². The molecule has 0 fully saturated rings. The number of sulfonamides is 1. The fourth-order valence-corrected chi connectivity index (χ4v) is 4.24. The van der Waals surface area contributed by atoms with E-state index in [1.165, 1.54) is 12.1 Å². The molecule has 146 valence electrons. The van der Waals surface area contributed by atoms with Crippen LogP contribution in [0.1, 0.15) is 12.0 Å². The molecule has 0 saturated heterocycles. The first-order chi connectivity index (χ1) is 13.4. The lowest BCUT2D eigenvalue weighted by Crippen LogP contribution is -2.30. The van der Waals surface area contributed by atoms with Gasteiger partial charge in [-0.1, -0.05) is 12.1 Å². The van der Waals surface area contributed by atoms with Gasteiger partial charge in [0.05, 0.1) is 4.90 Å². The van der Waals surface area contributed by atoms with Crippen molar-refractivity contribution < 1.29 is 17.6 Å². The number of carbonyl (C=O) groups excluding carboxylic acids is 1. The minimum atomic E-state index is -3.86. The Balaban J connectivity index is 1.48. The van der Waals surface area contributed by atoms with Crippen LogP contribution in [0, 0.1) is 5.82 Å². The van der Waals surface area contributed by atoms with Gasteiger partial charge in [0.15, 0.2) is 0 Å². The standard InChI is InChI=1S/C19H18FN3O3S2/c20-16-3-1-4-17(10-16)28(25,26)23-7-6-19(24)22-12-14-9-15(13-21-11-14)18-5-2-8-27-18/h1-5,8-11,13,23H,6-7,12H2,(H,22,24). The highest BCUT2D eigenvalue weighted by Gasteiger charge is 2.14. The van der Waals surface area contributed by atoms with Crippen LogP contribution in [-0.2, 0) is 21.4 Å². The quantitative estimate of drug-likeness (QED) is 0.588. The third-order valence-electron chi connectivity index (χ3n) is 3.84. The van der Waals surface area contributed by atoms with Gasteiger partial charge < -0.3 is 5.32 Å². The molecule has 2 aromatic heterocycles. The van der Waals surface area contributed by atoms with Crippen LogP contribution in [0.5, 0.6) is 0 Å². The van der Waals surface area contributed by atoms with Gasteiger partial charge in [-0.05, 0) is 41.3 Å². The van der Waals surface area contributed by atoms with Gasteiger partial charge in [0, 0.05) is 42.3 Å². The van der Waals surface area contributed by atoms with E-state index in [-0.39, 0.29) is 23.8 Å². The van der Waals surface area contributed by atoms with Crippen LogP contribution in [0.2, 0.25) is 0 Å². The number of nitrogens with zero attached hydrogens (tertiary/aromatic N) is 1. The highest BCUT2D eigenvalue weighted by Crippen LogP contribution is 2.24. The fourth-order valence-electron chi connectivity index (χ4n) is 2.47. The Hall–Kier alpha value is -2.62. The summed E-state index contributed by atoms with van der Waals surface area (Å²) in [5.41, 5.74) is 1.82. The second-order valence-corrected chi connectivity index (χ2v) is 8.66. The molecule has 3 rings (SSSR count). The van der Waals surface area contributed by atoms with E-state index < -0.39 is 15.8 Å². The first-order valence-corrected chi connectivity index (χ1v) is 10.8. The highest BCUT2D eigenvalue weighted by atomic mass is 32.2. The van der Waals surface area contributed by atoms with Gasteiger partial charge in [-0.15, -0.1) is 11.3 Å². The second-order valence-electron chi connectivity index (χ2n) is 5.94. The molecule has 0 bridgehead atoms. The molecule has 0 spiro atoms. The van der Waals surface area contributed by atoms with Crippen molar-refractivity contribution >= 4 is 27.3 Å². The van der Waals surface area contributed by atoms with Gasteiger partial charge in [0.1, 0.15) is 5.82 Å².